The molecule has 4 nitrogen and oxygen atoms in total. The monoisotopic (exact) mass is 256 g/mol. The molecule has 0 aromatic heterocycles. The number of aromatic carboxylic acids is 1. The molecule has 0 aliphatic rings. The molecule has 0 radical (unpaired) electrons. The molecule has 5 heteroatoms. The fourth-order valence-electron chi connectivity index (χ4n) is 1.31. The highest BCUT2D eigenvalue weighted by atomic mass is 32.2. The van der Waals surface area contributed by atoms with E-state index in [1.807, 2.05) is 6.26 Å². The van der Waals surface area contributed by atoms with Crippen molar-refractivity contribution in [2.24, 2.45) is 0 Å². The second-order valence-electron chi connectivity index (χ2n) is 3.36. The highest BCUT2D eigenvalue weighted by molar-refractivity contribution is 7.98. The van der Waals surface area contributed by atoms with Gasteiger partial charge >= 0.3 is 5.97 Å². The Hall–Kier alpha value is -1.36. The minimum Gasteiger partial charge on any atom is -0.497 e. The molecule has 1 aromatic carbocycles. The minimum atomic E-state index is -0.993. The van der Waals surface area contributed by atoms with Crippen LogP contribution in [0.1, 0.15) is 16.8 Å². The highest BCUT2D eigenvalue weighted by Gasteiger charge is 2.12. The zero-order chi connectivity index (χ0) is 12.7. The van der Waals surface area contributed by atoms with Gasteiger partial charge in [0.15, 0.2) is 0 Å². The largest absolute Gasteiger partial charge is 0.497 e. The maximum atomic E-state index is 11.0. The standard InChI is InChI=1S/C12H16O4S/c1-15-9-4-5-10(12(13)14)11(8-9)16-6-3-7-17-2/h4-5,8H,3,6-7H2,1-2H3,(H,13,14). The van der Waals surface area contributed by atoms with Gasteiger partial charge in [-0.05, 0) is 30.6 Å². The molecule has 0 fully saturated rings. The van der Waals surface area contributed by atoms with Crippen LogP contribution in [0.5, 0.6) is 11.5 Å². The summed E-state index contributed by atoms with van der Waals surface area (Å²) < 4.78 is 10.5. The van der Waals surface area contributed by atoms with Crippen molar-refractivity contribution in [1.82, 2.24) is 0 Å². The predicted molar refractivity (Wildman–Crippen MR) is 68.4 cm³/mol. The third-order valence-electron chi connectivity index (χ3n) is 2.17. The third-order valence-corrected chi connectivity index (χ3v) is 2.87. The van der Waals surface area contributed by atoms with Crippen molar-refractivity contribution in [3.63, 3.8) is 0 Å². The fourth-order valence-corrected chi connectivity index (χ4v) is 1.72. The van der Waals surface area contributed by atoms with Gasteiger partial charge in [-0.1, -0.05) is 0 Å². The summed E-state index contributed by atoms with van der Waals surface area (Å²) in [6, 6.07) is 4.70. The summed E-state index contributed by atoms with van der Waals surface area (Å²) in [7, 11) is 1.53. The van der Waals surface area contributed by atoms with Gasteiger partial charge in [-0.2, -0.15) is 11.8 Å². The number of methoxy groups -OCH3 is 1. The maximum Gasteiger partial charge on any atom is 0.339 e. The molecule has 0 saturated carbocycles. The molecule has 0 atom stereocenters. The summed E-state index contributed by atoms with van der Waals surface area (Å²) >= 11 is 1.73. The van der Waals surface area contributed by atoms with E-state index in [0.29, 0.717) is 18.1 Å². The lowest BCUT2D eigenvalue weighted by molar-refractivity contribution is 0.0692. The summed E-state index contributed by atoms with van der Waals surface area (Å²) in [5, 5.41) is 9.01. The Balaban J connectivity index is 2.75. The first-order chi connectivity index (χ1) is 8.19. The van der Waals surface area contributed by atoms with Crippen molar-refractivity contribution in [3.8, 4) is 11.5 Å². The van der Waals surface area contributed by atoms with E-state index in [9.17, 15) is 4.79 Å². The van der Waals surface area contributed by atoms with Crippen LogP contribution in [-0.2, 0) is 0 Å². The summed E-state index contributed by atoms with van der Waals surface area (Å²) in [6.45, 7) is 0.508. The molecular formula is C12H16O4S. The second kappa shape index (κ2) is 7.06. The van der Waals surface area contributed by atoms with E-state index in [1.165, 1.54) is 13.2 Å². The highest BCUT2D eigenvalue weighted by Crippen LogP contribution is 2.25. The maximum absolute atomic E-state index is 11.0. The van der Waals surface area contributed by atoms with Gasteiger partial charge in [-0.25, -0.2) is 4.79 Å². The normalized spacial score (nSPS) is 10.0. The van der Waals surface area contributed by atoms with Crippen LogP contribution in [0, 0.1) is 0 Å². The van der Waals surface area contributed by atoms with Crippen molar-refractivity contribution < 1.29 is 19.4 Å². The molecule has 0 heterocycles. The lowest BCUT2D eigenvalue weighted by atomic mass is 10.2. The molecule has 1 N–H and O–H groups in total. The van der Waals surface area contributed by atoms with Crippen LogP contribution in [0.2, 0.25) is 0 Å². The number of ether oxygens (including phenoxy) is 2. The van der Waals surface area contributed by atoms with Crippen LogP contribution in [0.15, 0.2) is 18.2 Å². The zero-order valence-electron chi connectivity index (χ0n) is 9.93. The second-order valence-corrected chi connectivity index (χ2v) is 4.35. The molecule has 1 rings (SSSR count). The lowest BCUT2D eigenvalue weighted by Gasteiger charge is -2.10. The number of carbonyl (C=O) groups is 1. The topological polar surface area (TPSA) is 55.8 Å². The van der Waals surface area contributed by atoms with Crippen molar-refractivity contribution in [2.75, 3.05) is 25.7 Å². The smallest absolute Gasteiger partial charge is 0.339 e. The Bertz CT molecular complexity index is 379. The molecule has 0 aliphatic heterocycles. The average molecular weight is 256 g/mol. The number of hydrogen-bond donors (Lipinski definition) is 1. The molecule has 94 valence electrons. The molecule has 0 unspecified atom stereocenters. The molecule has 17 heavy (non-hydrogen) atoms. The number of thioether (sulfide) groups is 1. The minimum absolute atomic E-state index is 0.162. The molecular weight excluding hydrogens is 240 g/mol. The Labute approximate surface area is 105 Å². The number of benzene rings is 1. The number of hydrogen-bond acceptors (Lipinski definition) is 4. The van der Waals surface area contributed by atoms with Gasteiger partial charge in [0.25, 0.3) is 0 Å². The van der Waals surface area contributed by atoms with E-state index >= 15 is 0 Å². The quantitative estimate of drug-likeness (QED) is 0.760. The predicted octanol–water partition coefficient (Wildman–Crippen LogP) is 2.53. The van der Waals surface area contributed by atoms with Crippen molar-refractivity contribution >= 4 is 17.7 Å². The van der Waals surface area contributed by atoms with Crippen LogP contribution in [0.25, 0.3) is 0 Å². The number of carboxylic acid groups (broad SMARTS) is 1. The van der Waals surface area contributed by atoms with Gasteiger partial charge in [-0.3, -0.25) is 0 Å². The Morgan fingerprint density at radius 1 is 1.47 bits per heavy atom. The van der Waals surface area contributed by atoms with Gasteiger partial charge in [0.05, 0.1) is 13.7 Å². The van der Waals surface area contributed by atoms with Crippen molar-refractivity contribution in [2.45, 2.75) is 6.42 Å². The van der Waals surface area contributed by atoms with Crippen LogP contribution in [0.4, 0.5) is 0 Å². The zero-order valence-corrected chi connectivity index (χ0v) is 10.8. The van der Waals surface area contributed by atoms with E-state index in [4.69, 9.17) is 14.6 Å². The summed E-state index contributed by atoms with van der Waals surface area (Å²) in [6.07, 6.45) is 2.91. The van der Waals surface area contributed by atoms with Gasteiger partial charge in [0, 0.05) is 6.07 Å². The summed E-state index contributed by atoms with van der Waals surface area (Å²) in [5.74, 6) is 0.951. The number of rotatable bonds is 7. The molecule has 0 aliphatic carbocycles. The number of carboxylic acids is 1. The first-order valence-electron chi connectivity index (χ1n) is 5.22. The van der Waals surface area contributed by atoms with Crippen LogP contribution in [-0.4, -0.2) is 36.8 Å². The fraction of sp³-hybridized carbons (Fsp3) is 0.417. The van der Waals surface area contributed by atoms with Crippen LogP contribution >= 0.6 is 11.8 Å². The molecule has 0 saturated heterocycles. The van der Waals surface area contributed by atoms with Gasteiger partial charge in [-0.15, -0.1) is 0 Å². The van der Waals surface area contributed by atoms with E-state index in [0.717, 1.165) is 12.2 Å². The first kappa shape index (κ1) is 13.7. The average Bonchev–Trinajstić information content (AvgIpc) is 2.34. The van der Waals surface area contributed by atoms with Gasteiger partial charge in [0.1, 0.15) is 17.1 Å². The first-order valence-corrected chi connectivity index (χ1v) is 6.61. The Morgan fingerprint density at radius 3 is 2.82 bits per heavy atom. The van der Waals surface area contributed by atoms with Crippen LogP contribution < -0.4 is 9.47 Å². The van der Waals surface area contributed by atoms with E-state index < -0.39 is 5.97 Å². The Kier molecular flexibility index (Phi) is 5.69. The van der Waals surface area contributed by atoms with E-state index in [2.05, 4.69) is 0 Å². The van der Waals surface area contributed by atoms with Gasteiger partial charge < -0.3 is 14.6 Å². The summed E-state index contributed by atoms with van der Waals surface area (Å²) in [4.78, 5) is 11.0. The SMILES string of the molecule is COc1ccc(C(=O)O)c(OCCCSC)c1. The van der Waals surface area contributed by atoms with Crippen LogP contribution in [0.3, 0.4) is 0 Å². The van der Waals surface area contributed by atoms with E-state index in [-0.39, 0.29) is 5.56 Å². The van der Waals surface area contributed by atoms with Crippen molar-refractivity contribution in [3.05, 3.63) is 23.8 Å². The molecule has 1 aromatic rings. The molecule has 0 spiro atoms. The molecule has 0 amide bonds. The van der Waals surface area contributed by atoms with E-state index in [1.54, 1.807) is 23.9 Å². The van der Waals surface area contributed by atoms with Crippen molar-refractivity contribution in [1.29, 1.82) is 0 Å². The van der Waals surface area contributed by atoms with Gasteiger partial charge in [0.2, 0.25) is 0 Å². The lowest BCUT2D eigenvalue weighted by Crippen LogP contribution is -2.05. The molecule has 0 bridgehead atoms. The Morgan fingerprint density at radius 2 is 2.24 bits per heavy atom. The summed E-state index contributed by atoms with van der Waals surface area (Å²) in [5.41, 5.74) is 0.162. The third kappa shape index (κ3) is 4.19.